The summed E-state index contributed by atoms with van der Waals surface area (Å²) >= 11 is 0. The fraction of sp³-hybridized carbons (Fsp3) is 0.120. The number of amides is 1. The molecule has 5 heteroatoms. The Balaban J connectivity index is 1.67. The minimum atomic E-state index is -0.460. The lowest BCUT2D eigenvalue weighted by Gasteiger charge is -2.09. The molecule has 0 heterocycles. The Kier molecular flexibility index (Phi) is 6.96. The van der Waals surface area contributed by atoms with E-state index < -0.39 is 5.91 Å². The van der Waals surface area contributed by atoms with E-state index in [1.807, 2.05) is 37.3 Å². The van der Waals surface area contributed by atoms with Crippen LogP contribution in [0.15, 0.2) is 78.4 Å². The molecule has 0 radical (unpaired) electrons. The molecule has 1 N–H and O–H groups in total. The predicted molar refractivity (Wildman–Crippen MR) is 115 cm³/mol. The van der Waals surface area contributed by atoms with Crippen molar-refractivity contribution in [2.45, 2.75) is 20.0 Å². The normalized spacial score (nSPS) is 10.9. The zero-order chi connectivity index (χ0) is 21.3. The first-order valence-electron chi connectivity index (χ1n) is 9.58. The van der Waals surface area contributed by atoms with Crippen LogP contribution in [0.25, 0.3) is 6.08 Å². The second-order valence-electron chi connectivity index (χ2n) is 6.58. The zero-order valence-electron chi connectivity index (χ0n) is 16.6. The van der Waals surface area contributed by atoms with Crippen LogP contribution in [-0.4, -0.2) is 5.91 Å². The first-order valence-corrected chi connectivity index (χ1v) is 9.58. The molecule has 0 aliphatic rings. The summed E-state index contributed by atoms with van der Waals surface area (Å²) in [6, 6.07) is 22.8. The monoisotopic (exact) mass is 400 g/mol. The fourth-order valence-electron chi connectivity index (χ4n) is 2.89. The van der Waals surface area contributed by atoms with Gasteiger partial charge in [0, 0.05) is 11.3 Å². The Morgan fingerprint density at radius 1 is 1.03 bits per heavy atom. The molecule has 0 aliphatic carbocycles. The van der Waals surface area contributed by atoms with Crippen molar-refractivity contribution in [3.8, 4) is 11.8 Å². The maximum atomic E-state index is 13.7. The third-order valence-corrected chi connectivity index (χ3v) is 4.55. The number of para-hydroxylation sites is 1. The molecular weight excluding hydrogens is 379 g/mol. The van der Waals surface area contributed by atoms with Crippen LogP contribution in [-0.2, 0) is 17.8 Å². The highest BCUT2D eigenvalue weighted by Gasteiger charge is 2.11. The van der Waals surface area contributed by atoms with Crippen molar-refractivity contribution in [2.24, 2.45) is 0 Å². The molecule has 3 aromatic carbocycles. The molecule has 0 bridgehead atoms. The third-order valence-electron chi connectivity index (χ3n) is 4.55. The van der Waals surface area contributed by atoms with Gasteiger partial charge in [-0.2, -0.15) is 5.26 Å². The Morgan fingerprint density at radius 3 is 2.37 bits per heavy atom. The number of ether oxygens (including phenoxy) is 1. The summed E-state index contributed by atoms with van der Waals surface area (Å²) in [6.45, 7) is 2.12. The summed E-state index contributed by atoms with van der Waals surface area (Å²) in [7, 11) is 0. The van der Waals surface area contributed by atoms with Crippen LogP contribution in [0.4, 0.5) is 10.1 Å². The molecule has 0 aliphatic heterocycles. The number of nitriles is 1. The highest BCUT2D eigenvalue weighted by atomic mass is 19.1. The summed E-state index contributed by atoms with van der Waals surface area (Å²) in [5, 5.41) is 12.2. The molecule has 4 nitrogen and oxygen atoms in total. The first-order chi connectivity index (χ1) is 14.6. The minimum absolute atomic E-state index is 0.000862. The molecule has 0 saturated carbocycles. The van der Waals surface area contributed by atoms with E-state index in [0.717, 1.165) is 12.0 Å². The summed E-state index contributed by atoms with van der Waals surface area (Å²) in [6.07, 6.45) is 2.29. The van der Waals surface area contributed by atoms with Crippen LogP contribution in [0, 0.1) is 17.1 Å². The van der Waals surface area contributed by atoms with Gasteiger partial charge in [0.25, 0.3) is 5.91 Å². The fourth-order valence-corrected chi connectivity index (χ4v) is 2.89. The third kappa shape index (κ3) is 5.33. The van der Waals surface area contributed by atoms with E-state index in [4.69, 9.17) is 4.74 Å². The average molecular weight is 400 g/mol. The number of hydrogen-bond acceptors (Lipinski definition) is 3. The number of hydrogen-bond donors (Lipinski definition) is 1. The molecule has 0 spiro atoms. The lowest BCUT2D eigenvalue weighted by Crippen LogP contribution is -2.14. The van der Waals surface area contributed by atoms with E-state index in [1.54, 1.807) is 42.5 Å². The number of nitrogens with one attached hydrogen (secondary N) is 1. The number of benzene rings is 3. The van der Waals surface area contributed by atoms with Gasteiger partial charge >= 0.3 is 0 Å². The van der Waals surface area contributed by atoms with Crippen LogP contribution < -0.4 is 10.1 Å². The number of carbonyl (C=O) groups is 1. The smallest absolute Gasteiger partial charge is 0.266 e. The van der Waals surface area contributed by atoms with Gasteiger partial charge < -0.3 is 10.1 Å². The average Bonchev–Trinajstić information content (AvgIpc) is 2.78. The quantitative estimate of drug-likeness (QED) is 0.420. The highest BCUT2D eigenvalue weighted by molar-refractivity contribution is 6.09. The molecule has 0 unspecified atom stereocenters. The molecule has 0 fully saturated rings. The molecule has 30 heavy (non-hydrogen) atoms. The molecule has 150 valence electrons. The second kappa shape index (κ2) is 10.0. The van der Waals surface area contributed by atoms with Crippen LogP contribution >= 0.6 is 0 Å². The van der Waals surface area contributed by atoms with Gasteiger partial charge in [-0.1, -0.05) is 55.5 Å². The number of rotatable bonds is 7. The van der Waals surface area contributed by atoms with E-state index in [1.165, 1.54) is 12.1 Å². The largest absolute Gasteiger partial charge is 0.489 e. The Morgan fingerprint density at radius 2 is 1.70 bits per heavy atom. The molecular formula is C25H21FN2O2. The van der Waals surface area contributed by atoms with Crippen LogP contribution in [0.3, 0.4) is 0 Å². The SMILES string of the molecule is CCc1ccccc1NC(=O)/C(C#N)=C/c1ccc(OCc2ccccc2F)cc1. The van der Waals surface area contributed by atoms with E-state index in [0.29, 0.717) is 22.6 Å². The number of anilines is 1. The van der Waals surface area contributed by atoms with Crippen molar-refractivity contribution in [3.05, 3.63) is 101 Å². The van der Waals surface area contributed by atoms with Crippen molar-refractivity contribution >= 4 is 17.7 Å². The van der Waals surface area contributed by atoms with E-state index in [-0.39, 0.29) is 18.0 Å². The van der Waals surface area contributed by atoms with Crippen molar-refractivity contribution in [1.29, 1.82) is 5.26 Å². The van der Waals surface area contributed by atoms with E-state index in [2.05, 4.69) is 5.32 Å². The Bertz CT molecular complexity index is 1100. The van der Waals surface area contributed by atoms with Crippen molar-refractivity contribution < 1.29 is 13.9 Å². The summed E-state index contributed by atoms with van der Waals surface area (Å²) in [5.74, 6) is -0.208. The maximum absolute atomic E-state index is 13.7. The van der Waals surface area contributed by atoms with Gasteiger partial charge in [0.15, 0.2) is 0 Å². The lowest BCUT2D eigenvalue weighted by molar-refractivity contribution is -0.112. The Hall–Kier alpha value is -3.91. The number of nitrogens with zero attached hydrogens (tertiary/aromatic N) is 1. The first kappa shape index (κ1) is 20.8. The van der Waals surface area contributed by atoms with Gasteiger partial charge in [-0.3, -0.25) is 4.79 Å². The summed E-state index contributed by atoms with van der Waals surface area (Å²) in [5.41, 5.74) is 2.85. The standard InChI is InChI=1S/C25H21FN2O2/c1-2-19-7-4-6-10-24(19)28-25(29)21(16-27)15-18-11-13-22(14-12-18)30-17-20-8-3-5-9-23(20)26/h3-15H,2,17H2,1H3,(H,28,29)/b21-15+. The van der Waals surface area contributed by atoms with Gasteiger partial charge in [-0.25, -0.2) is 4.39 Å². The van der Waals surface area contributed by atoms with E-state index >= 15 is 0 Å². The summed E-state index contributed by atoms with van der Waals surface area (Å²) < 4.78 is 19.3. The highest BCUT2D eigenvalue weighted by Crippen LogP contribution is 2.19. The predicted octanol–water partition coefficient (Wildman–Crippen LogP) is 5.51. The Labute approximate surface area is 175 Å². The van der Waals surface area contributed by atoms with Crippen molar-refractivity contribution in [3.63, 3.8) is 0 Å². The number of aryl methyl sites for hydroxylation is 1. The molecule has 0 atom stereocenters. The molecule has 0 saturated heterocycles. The van der Waals surface area contributed by atoms with Crippen LogP contribution in [0.1, 0.15) is 23.6 Å². The van der Waals surface area contributed by atoms with Crippen molar-refractivity contribution in [1.82, 2.24) is 0 Å². The van der Waals surface area contributed by atoms with Crippen molar-refractivity contribution in [2.75, 3.05) is 5.32 Å². The zero-order valence-corrected chi connectivity index (χ0v) is 16.6. The molecule has 3 rings (SSSR count). The summed E-state index contributed by atoms with van der Waals surface area (Å²) in [4.78, 5) is 12.5. The number of halogens is 1. The van der Waals surface area contributed by atoms with E-state index in [9.17, 15) is 14.4 Å². The topological polar surface area (TPSA) is 62.1 Å². The van der Waals surface area contributed by atoms with Gasteiger partial charge in [-0.15, -0.1) is 0 Å². The molecule has 0 aromatic heterocycles. The maximum Gasteiger partial charge on any atom is 0.266 e. The van der Waals surface area contributed by atoms with Gasteiger partial charge in [-0.05, 0) is 47.9 Å². The second-order valence-corrected chi connectivity index (χ2v) is 6.58. The van der Waals surface area contributed by atoms with Gasteiger partial charge in [0.05, 0.1) is 0 Å². The van der Waals surface area contributed by atoms with Crippen LogP contribution in [0.5, 0.6) is 5.75 Å². The molecule has 3 aromatic rings. The lowest BCUT2D eigenvalue weighted by atomic mass is 10.1. The van der Waals surface area contributed by atoms with Crippen LogP contribution in [0.2, 0.25) is 0 Å². The van der Waals surface area contributed by atoms with Gasteiger partial charge in [0.2, 0.25) is 0 Å². The van der Waals surface area contributed by atoms with Gasteiger partial charge in [0.1, 0.15) is 29.8 Å². The number of carbonyl (C=O) groups excluding carboxylic acids is 1. The molecule has 1 amide bonds. The minimum Gasteiger partial charge on any atom is -0.489 e.